The van der Waals surface area contributed by atoms with Gasteiger partial charge in [0.15, 0.2) is 5.11 Å². The van der Waals surface area contributed by atoms with E-state index in [4.69, 9.17) is 26.1 Å². The molecule has 3 aromatic carbocycles. The van der Waals surface area contributed by atoms with Crippen molar-refractivity contribution in [3.05, 3.63) is 125 Å². The lowest BCUT2D eigenvalue weighted by molar-refractivity contribution is 0.413. The summed E-state index contributed by atoms with van der Waals surface area (Å²) in [4.78, 5) is 6.57. The zero-order valence-electron chi connectivity index (χ0n) is 21.3. The number of ether oxygens (including phenoxy) is 2. The number of methoxy groups -OCH3 is 1. The third-order valence-corrected chi connectivity index (χ3v) is 7.43. The van der Waals surface area contributed by atoms with Gasteiger partial charge in [0.2, 0.25) is 0 Å². The Hall–Kier alpha value is -4.21. The Balaban J connectivity index is 1.33. The van der Waals surface area contributed by atoms with Gasteiger partial charge in [0.25, 0.3) is 0 Å². The third-order valence-electron chi connectivity index (χ3n) is 6.62. The lowest BCUT2D eigenvalue weighted by Crippen LogP contribution is -2.29. The van der Waals surface area contributed by atoms with Gasteiger partial charge in [-0.2, -0.15) is 0 Å². The highest BCUT2D eigenvalue weighted by Crippen LogP contribution is 2.43. The highest BCUT2D eigenvalue weighted by molar-refractivity contribution is 9.10. The molecular weight excluding hydrogens is 593 g/mol. The minimum absolute atomic E-state index is 0.294. The lowest BCUT2D eigenvalue weighted by Gasteiger charge is -2.26. The summed E-state index contributed by atoms with van der Waals surface area (Å²) in [6, 6.07) is 28.7. The second-order valence-electron chi connectivity index (χ2n) is 9.09. The number of nitrogens with zero attached hydrogens (tertiary/aromatic N) is 2. The first-order valence-electron chi connectivity index (χ1n) is 12.5. The Kier molecular flexibility index (Phi) is 7.23. The maximum Gasteiger partial charge on any atom is 0.174 e. The number of hydrogen-bond acceptors (Lipinski definition) is 5. The van der Waals surface area contributed by atoms with Crippen LogP contribution in [0.15, 0.2) is 112 Å². The maximum absolute atomic E-state index is 14.7. The number of nitrogens with one attached hydrogen (secondary N) is 1. The van der Waals surface area contributed by atoms with Crippen molar-refractivity contribution in [2.24, 2.45) is 0 Å². The molecule has 0 amide bonds. The first-order chi connectivity index (χ1) is 19.5. The molecule has 0 unspecified atom stereocenters. The first kappa shape index (κ1) is 26.0. The quantitative estimate of drug-likeness (QED) is 0.185. The van der Waals surface area contributed by atoms with Gasteiger partial charge in [0.1, 0.15) is 40.6 Å². The molecule has 1 aliphatic rings. The fourth-order valence-electron chi connectivity index (χ4n) is 4.72. The van der Waals surface area contributed by atoms with E-state index in [1.54, 1.807) is 31.5 Å². The molecule has 0 aliphatic carbocycles. The van der Waals surface area contributed by atoms with Crippen LogP contribution in [0.4, 0.5) is 10.1 Å². The van der Waals surface area contributed by atoms with Gasteiger partial charge in [0, 0.05) is 16.4 Å². The molecule has 0 saturated carbocycles. The number of pyridine rings is 1. The van der Waals surface area contributed by atoms with Crippen LogP contribution in [0.5, 0.6) is 17.2 Å². The van der Waals surface area contributed by atoms with Gasteiger partial charge in [-0.1, -0.05) is 22.0 Å². The van der Waals surface area contributed by atoms with E-state index in [2.05, 4.69) is 26.2 Å². The number of benzene rings is 3. The molecule has 40 heavy (non-hydrogen) atoms. The van der Waals surface area contributed by atoms with Gasteiger partial charge in [0.05, 0.1) is 24.4 Å². The van der Waals surface area contributed by atoms with Crippen LogP contribution in [0.2, 0.25) is 0 Å². The molecule has 5 aromatic rings. The van der Waals surface area contributed by atoms with Crippen LogP contribution in [-0.2, 0) is 0 Å². The van der Waals surface area contributed by atoms with Crippen molar-refractivity contribution in [2.75, 3.05) is 12.0 Å². The fraction of sp³-hybridized carbons (Fsp3) is 0.0968. The average molecular weight is 617 g/mol. The summed E-state index contributed by atoms with van der Waals surface area (Å²) in [5.74, 6) is 2.81. The lowest BCUT2D eigenvalue weighted by atomic mass is 10.0. The molecular formula is C31H23BrFN3O3S. The van der Waals surface area contributed by atoms with Crippen LogP contribution in [0.1, 0.15) is 23.5 Å². The number of halogens is 2. The average Bonchev–Trinajstić information content (AvgIpc) is 3.59. The molecule has 0 spiro atoms. The van der Waals surface area contributed by atoms with Crippen LogP contribution < -0.4 is 19.7 Å². The number of thiocarbonyl (C=S) groups is 1. The largest absolute Gasteiger partial charge is 0.497 e. The van der Waals surface area contributed by atoms with Crippen molar-refractivity contribution in [1.82, 2.24) is 10.3 Å². The predicted molar refractivity (Wildman–Crippen MR) is 159 cm³/mol. The number of anilines is 1. The SMILES string of the molecule is COc1ccc(Oc2ccc(N3C(=S)N[C@H](c4ccccn4)[C@@H]3c3ccc(-c4ccc(Br)cc4F)o3)cc2)cc1. The molecule has 2 aromatic heterocycles. The van der Waals surface area contributed by atoms with Gasteiger partial charge >= 0.3 is 0 Å². The summed E-state index contributed by atoms with van der Waals surface area (Å²) in [6.45, 7) is 0. The van der Waals surface area contributed by atoms with E-state index >= 15 is 0 Å². The number of hydrogen-bond donors (Lipinski definition) is 1. The van der Waals surface area contributed by atoms with Crippen LogP contribution in [0.3, 0.4) is 0 Å². The summed E-state index contributed by atoms with van der Waals surface area (Å²) >= 11 is 9.12. The molecule has 0 radical (unpaired) electrons. The molecule has 1 aliphatic heterocycles. The van der Waals surface area contributed by atoms with E-state index < -0.39 is 0 Å². The topological polar surface area (TPSA) is 59.8 Å². The summed E-state index contributed by atoms with van der Waals surface area (Å²) < 4.78 is 32.9. The highest BCUT2D eigenvalue weighted by atomic mass is 79.9. The van der Waals surface area contributed by atoms with Crippen molar-refractivity contribution < 1.29 is 18.3 Å². The van der Waals surface area contributed by atoms with Crippen molar-refractivity contribution in [2.45, 2.75) is 12.1 Å². The van der Waals surface area contributed by atoms with Crippen molar-refractivity contribution in [3.8, 4) is 28.6 Å². The molecule has 6 nitrogen and oxygen atoms in total. The van der Waals surface area contributed by atoms with Crippen molar-refractivity contribution in [3.63, 3.8) is 0 Å². The molecule has 9 heteroatoms. The van der Waals surface area contributed by atoms with Crippen LogP contribution >= 0.6 is 28.1 Å². The molecule has 200 valence electrons. The Labute approximate surface area is 244 Å². The number of furan rings is 1. The second kappa shape index (κ2) is 11.1. The zero-order chi connectivity index (χ0) is 27.6. The van der Waals surface area contributed by atoms with E-state index in [1.165, 1.54) is 6.07 Å². The van der Waals surface area contributed by atoms with Gasteiger partial charge in [-0.15, -0.1) is 0 Å². The van der Waals surface area contributed by atoms with Gasteiger partial charge < -0.3 is 24.1 Å². The summed E-state index contributed by atoms with van der Waals surface area (Å²) in [6.07, 6.45) is 1.75. The monoisotopic (exact) mass is 615 g/mol. The summed E-state index contributed by atoms with van der Waals surface area (Å²) in [7, 11) is 1.63. The molecule has 6 rings (SSSR count). The van der Waals surface area contributed by atoms with Crippen LogP contribution in [0.25, 0.3) is 11.3 Å². The molecule has 1 saturated heterocycles. The Morgan fingerprint density at radius 1 is 0.925 bits per heavy atom. The molecule has 3 heterocycles. The van der Waals surface area contributed by atoms with E-state index in [9.17, 15) is 4.39 Å². The third kappa shape index (κ3) is 5.17. The smallest absolute Gasteiger partial charge is 0.174 e. The number of aromatic nitrogens is 1. The highest BCUT2D eigenvalue weighted by Gasteiger charge is 2.42. The Bertz CT molecular complexity index is 1650. The van der Waals surface area contributed by atoms with E-state index in [1.807, 2.05) is 77.7 Å². The fourth-order valence-corrected chi connectivity index (χ4v) is 5.40. The van der Waals surface area contributed by atoms with E-state index in [0.29, 0.717) is 38.2 Å². The first-order valence-corrected chi connectivity index (χ1v) is 13.7. The predicted octanol–water partition coefficient (Wildman–Crippen LogP) is 8.22. The Morgan fingerprint density at radius 2 is 1.65 bits per heavy atom. The van der Waals surface area contributed by atoms with E-state index in [-0.39, 0.29) is 17.9 Å². The Morgan fingerprint density at radius 3 is 2.33 bits per heavy atom. The maximum atomic E-state index is 14.7. The van der Waals surface area contributed by atoms with Crippen LogP contribution in [-0.4, -0.2) is 17.2 Å². The molecule has 1 fully saturated rings. The molecule has 1 N–H and O–H groups in total. The summed E-state index contributed by atoms with van der Waals surface area (Å²) in [5.41, 5.74) is 2.03. The second-order valence-corrected chi connectivity index (χ2v) is 10.4. The molecule has 2 atom stereocenters. The van der Waals surface area contributed by atoms with Gasteiger partial charge in [-0.05, 0) is 103 Å². The standard InChI is InChI=1S/C31H23BrFN3O3S/c1-37-21-10-12-23(13-11-21)38-22-8-6-20(7-9-22)36-30(29(35-31(36)40)26-4-2-3-17-34-26)28-16-15-27(39-28)24-14-5-19(32)18-25(24)33/h2-18,29-30H,1H3,(H,35,40)/t29-,30+/m1/s1. The number of rotatable bonds is 7. The zero-order valence-corrected chi connectivity index (χ0v) is 23.7. The van der Waals surface area contributed by atoms with Gasteiger partial charge in [-0.25, -0.2) is 4.39 Å². The normalized spacial score (nSPS) is 16.6. The van der Waals surface area contributed by atoms with Gasteiger partial charge in [-0.3, -0.25) is 4.98 Å². The minimum atomic E-state index is -0.374. The minimum Gasteiger partial charge on any atom is -0.497 e. The van der Waals surface area contributed by atoms with Crippen molar-refractivity contribution >= 4 is 38.9 Å². The van der Waals surface area contributed by atoms with Crippen LogP contribution in [0, 0.1) is 5.82 Å². The molecule has 0 bridgehead atoms. The summed E-state index contributed by atoms with van der Waals surface area (Å²) in [5, 5.41) is 3.94. The van der Waals surface area contributed by atoms with Crippen molar-refractivity contribution in [1.29, 1.82) is 0 Å². The van der Waals surface area contributed by atoms with E-state index in [0.717, 1.165) is 17.1 Å².